The van der Waals surface area contributed by atoms with Gasteiger partial charge in [-0.1, -0.05) is 25.5 Å². The molecule has 0 radical (unpaired) electrons. The molecule has 0 bridgehead atoms. The van der Waals surface area contributed by atoms with E-state index in [1.54, 1.807) is 4.68 Å². The van der Waals surface area contributed by atoms with Crippen LogP contribution in [0.3, 0.4) is 0 Å². The van der Waals surface area contributed by atoms with Crippen molar-refractivity contribution in [1.29, 1.82) is 0 Å². The molecule has 0 atom stereocenters. The molecule has 0 aliphatic carbocycles. The smallest absolute Gasteiger partial charge is 0.164 e. The maximum absolute atomic E-state index is 10.1. The van der Waals surface area contributed by atoms with Gasteiger partial charge in [0.2, 0.25) is 0 Å². The number of aryl methyl sites for hydroxylation is 1. The summed E-state index contributed by atoms with van der Waals surface area (Å²) >= 11 is 0. The molecule has 0 spiro atoms. The Morgan fingerprint density at radius 3 is 2.79 bits per heavy atom. The highest BCUT2D eigenvalue weighted by molar-refractivity contribution is 5.68. The van der Waals surface area contributed by atoms with Crippen molar-refractivity contribution < 1.29 is 9.84 Å². The van der Waals surface area contributed by atoms with Gasteiger partial charge in [-0.05, 0) is 25.5 Å². The summed E-state index contributed by atoms with van der Waals surface area (Å²) in [6, 6.07) is 7.68. The van der Waals surface area contributed by atoms with Crippen LogP contribution in [0.1, 0.15) is 25.5 Å². The lowest BCUT2D eigenvalue weighted by Crippen LogP contribution is -1.96. The summed E-state index contributed by atoms with van der Waals surface area (Å²) in [4.78, 5) is 0. The normalized spacial score (nSPS) is 10.7. The lowest BCUT2D eigenvalue weighted by Gasteiger charge is -2.06. The molecule has 1 aromatic heterocycles. The fourth-order valence-electron chi connectivity index (χ4n) is 1.86. The van der Waals surface area contributed by atoms with Crippen LogP contribution in [0.4, 0.5) is 0 Å². The topological polar surface area (TPSA) is 47.3 Å². The fourth-order valence-corrected chi connectivity index (χ4v) is 1.86. The Morgan fingerprint density at radius 1 is 1.37 bits per heavy atom. The Hall–Kier alpha value is -1.97. The molecular formula is C15H20N2O2. The monoisotopic (exact) mass is 260 g/mol. The van der Waals surface area contributed by atoms with Crippen molar-refractivity contribution in [2.45, 2.75) is 26.7 Å². The van der Waals surface area contributed by atoms with Gasteiger partial charge in [0.15, 0.2) is 5.75 Å². The van der Waals surface area contributed by atoms with Crippen LogP contribution in [-0.4, -0.2) is 21.5 Å². The average molecular weight is 260 g/mol. The van der Waals surface area contributed by atoms with E-state index in [4.69, 9.17) is 4.74 Å². The molecule has 0 saturated carbocycles. The maximum atomic E-state index is 10.1. The van der Waals surface area contributed by atoms with Gasteiger partial charge in [-0.2, -0.15) is 5.10 Å². The number of hydrogen-bond acceptors (Lipinski definition) is 3. The van der Waals surface area contributed by atoms with E-state index in [9.17, 15) is 5.11 Å². The Labute approximate surface area is 113 Å². The Balaban J connectivity index is 2.25. The van der Waals surface area contributed by atoms with Gasteiger partial charge >= 0.3 is 0 Å². The molecule has 4 nitrogen and oxygen atoms in total. The largest absolute Gasteiger partial charge is 0.504 e. The predicted molar refractivity (Wildman–Crippen MR) is 75.4 cm³/mol. The number of aromatic hydroxyl groups is 1. The second-order valence-electron chi connectivity index (χ2n) is 4.64. The molecule has 0 saturated heterocycles. The minimum atomic E-state index is 0.230. The first-order chi connectivity index (χ1) is 9.13. The highest BCUT2D eigenvalue weighted by Crippen LogP contribution is 2.32. The summed E-state index contributed by atoms with van der Waals surface area (Å²) in [6.07, 6.45) is 2.15. The van der Waals surface area contributed by atoms with E-state index in [0.717, 1.165) is 29.8 Å². The standard InChI is InChI=1S/C15H20N2O2/c1-4-5-9-19-13-8-6-7-12(10-13)14-15(18)11(2)17(3)16-14/h6-8,10,18H,4-5,9H2,1-3H3. The van der Waals surface area contributed by atoms with Gasteiger partial charge in [-0.15, -0.1) is 0 Å². The quantitative estimate of drug-likeness (QED) is 0.839. The van der Waals surface area contributed by atoms with Gasteiger partial charge in [0.1, 0.15) is 11.4 Å². The highest BCUT2D eigenvalue weighted by atomic mass is 16.5. The van der Waals surface area contributed by atoms with E-state index in [1.807, 2.05) is 38.2 Å². The molecule has 1 heterocycles. The second-order valence-corrected chi connectivity index (χ2v) is 4.64. The van der Waals surface area contributed by atoms with E-state index < -0.39 is 0 Å². The summed E-state index contributed by atoms with van der Waals surface area (Å²) in [5.74, 6) is 1.04. The van der Waals surface area contributed by atoms with Gasteiger partial charge in [-0.25, -0.2) is 0 Å². The van der Waals surface area contributed by atoms with E-state index in [1.165, 1.54) is 0 Å². The summed E-state index contributed by atoms with van der Waals surface area (Å²) < 4.78 is 7.35. The Bertz CT molecular complexity index is 561. The lowest BCUT2D eigenvalue weighted by molar-refractivity contribution is 0.309. The number of nitrogens with zero attached hydrogens (tertiary/aromatic N) is 2. The molecule has 0 aliphatic heterocycles. The number of rotatable bonds is 5. The predicted octanol–water partition coefficient (Wildman–Crippen LogP) is 3.28. The van der Waals surface area contributed by atoms with Crippen molar-refractivity contribution in [3.05, 3.63) is 30.0 Å². The fraction of sp³-hybridized carbons (Fsp3) is 0.400. The molecule has 102 valence electrons. The van der Waals surface area contributed by atoms with Gasteiger partial charge in [-0.3, -0.25) is 4.68 Å². The van der Waals surface area contributed by atoms with Crippen LogP contribution < -0.4 is 4.74 Å². The van der Waals surface area contributed by atoms with Crippen LogP contribution in [0.15, 0.2) is 24.3 Å². The molecule has 2 rings (SSSR count). The van der Waals surface area contributed by atoms with Gasteiger partial charge in [0, 0.05) is 12.6 Å². The summed E-state index contributed by atoms with van der Waals surface area (Å²) in [7, 11) is 1.82. The summed E-state index contributed by atoms with van der Waals surface area (Å²) in [5, 5.41) is 14.4. The lowest BCUT2D eigenvalue weighted by atomic mass is 10.1. The number of benzene rings is 1. The number of hydrogen-bond donors (Lipinski definition) is 1. The van der Waals surface area contributed by atoms with Crippen LogP contribution in [0.5, 0.6) is 11.5 Å². The van der Waals surface area contributed by atoms with Gasteiger partial charge in [0.05, 0.1) is 12.3 Å². The zero-order chi connectivity index (χ0) is 13.8. The van der Waals surface area contributed by atoms with Crippen molar-refractivity contribution in [2.75, 3.05) is 6.61 Å². The highest BCUT2D eigenvalue weighted by Gasteiger charge is 2.13. The molecule has 0 aliphatic rings. The van der Waals surface area contributed by atoms with E-state index in [2.05, 4.69) is 12.0 Å². The first kappa shape index (κ1) is 13.5. The van der Waals surface area contributed by atoms with Crippen molar-refractivity contribution in [1.82, 2.24) is 9.78 Å². The summed E-state index contributed by atoms with van der Waals surface area (Å²) in [5.41, 5.74) is 2.23. The maximum Gasteiger partial charge on any atom is 0.164 e. The first-order valence-electron chi connectivity index (χ1n) is 6.59. The molecule has 0 fully saturated rings. The molecule has 19 heavy (non-hydrogen) atoms. The van der Waals surface area contributed by atoms with Gasteiger partial charge < -0.3 is 9.84 Å². The molecule has 1 aromatic carbocycles. The van der Waals surface area contributed by atoms with E-state index in [-0.39, 0.29) is 5.75 Å². The van der Waals surface area contributed by atoms with Crippen LogP contribution in [0.25, 0.3) is 11.3 Å². The number of unbranched alkanes of at least 4 members (excludes halogenated alkanes) is 1. The van der Waals surface area contributed by atoms with Crippen molar-refractivity contribution in [3.8, 4) is 22.8 Å². The second kappa shape index (κ2) is 5.78. The third-order valence-corrected chi connectivity index (χ3v) is 3.18. The average Bonchev–Trinajstić information content (AvgIpc) is 2.67. The van der Waals surface area contributed by atoms with Crippen LogP contribution in [0.2, 0.25) is 0 Å². The SMILES string of the molecule is CCCCOc1cccc(-c2nn(C)c(C)c2O)c1. The summed E-state index contributed by atoms with van der Waals surface area (Å²) in [6.45, 7) is 4.69. The van der Waals surface area contributed by atoms with E-state index in [0.29, 0.717) is 12.3 Å². The van der Waals surface area contributed by atoms with Gasteiger partial charge in [0.25, 0.3) is 0 Å². The van der Waals surface area contributed by atoms with E-state index >= 15 is 0 Å². The van der Waals surface area contributed by atoms with Crippen LogP contribution >= 0.6 is 0 Å². The van der Waals surface area contributed by atoms with Crippen molar-refractivity contribution >= 4 is 0 Å². The van der Waals surface area contributed by atoms with Crippen LogP contribution in [0, 0.1) is 6.92 Å². The molecule has 4 heteroatoms. The molecule has 0 unspecified atom stereocenters. The molecular weight excluding hydrogens is 240 g/mol. The van der Waals surface area contributed by atoms with Crippen LogP contribution in [-0.2, 0) is 7.05 Å². The number of ether oxygens (including phenoxy) is 1. The third kappa shape index (κ3) is 2.89. The number of aromatic nitrogens is 2. The van der Waals surface area contributed by atoms with Crippen molar-refractivity contribution in [2.24, 2.45) is 7.05 Å². The third-order valence-electron chi connectivity index (χ3n) is 3.18. The zero-order valence-electron chi connectivity index (χ0n) is 11.7. The Kier molecular flexibility index (Phi) is 4.10. The minimum absolute atomic E-state index is 0.230. The minimum Gasteiger partial charge on any atom is -0.504 e. The zero-order valence-corrected chi connectivity index (χ0v) is 11.7. The molecule has 1 N–H and O–H groups in total. The first-order valence-corrected chi connectivity index (χ1v) is 6.59. The molecule has 0 amide bonds. The Morgan fingerprint density at radius 2 is 2.16 bits per heavy atom. The molecule has 2 aromatic rings. The van der Waals surface area contributed by atoms with Crippen molar-refractivity contribution in [3.63, 3.8) is 0 Å².